The highest BCUT2D eigenvalue weighted by Crippen LogP contribution is 2.36. The van der Waals surface area contributed by atoms with Gasteiger partial charge in [0.25, 0.3) is 0 Å². The fourth-order valence-corrected chi connectivity index (χ4v) is 2.99. The SMILES string of the molecule is CC1(C)CC(=O)/C(=C(/O)Cc2ccccc2)C(=NC(C)(C)C)C1. The zero-order valence-electron chi connectivity index (χ0n) is 14.8. The molecule has 0 amide bonds. The monoisotopic (exact) mass is 313 g/mol. The van der Waals surface area contributed by atoms with Gasteiger partial charge in [-0.05, 0) is 38.2 Å². The molecule has 0 radical (unpaired) electrons. The number of hydrogen-bond acceptors (Lipinski definition) is 3. The molecule has 0 spiro atoms. The summed E-state index contributed by atoms with van der Waals surface area (Å²) < 4.78 is 0. The van der Waals surface area contributed by atoms with Gasteiger partial charge in [0.15, 0.2) is 5.78 Å². The first kappa shape index (κ1) is 17.5. The van der Waals surface area contributed by atoms with Crippen LogP contribution in [0.2, 0.25) is 0 Å². The lowest BCUT2D eigenvalue weighted by Crippen LogP contribution is -2.34. The number of rotatable bonds is 2. The Morgan fingerprint density at radius 3 is 2.35 bits per heavy atom. The predicted molar refractivity (Wildman–Crippen MR) is 95.0 cm³/mol. The summed E-state index contributed by atoms with van der Waals surface area (Å²) in [6.07, 6.45) is 1.53. The summed E-state index contributed by atoms with van der Waals surface area (Å²) in [5, 5.41) is 10.6. The fraction of sp³-hybridized carbons (Fsp3) is 0.500. The largest absolute Gasteiger partial charge is 0.511 e. The van der Waals surface area contributed by atoms with Crippen LogP contribution in [-0.2, 0) is 11.2 Å². The average molecular weight is 313 g/mol. The van der Waals surface area contributed by atoms with E-state index >= 15 is 0 Å². The summed E-state index contributed by atoms with van der Waals surface area (Å²) in [6.45, 7) is 10.2. The number of hydrogen-bond donors (Lipinski definition) is 1. The zero-order valence-corrected chi connectivity index (χ0v) is 14.8. The van der Waals surface area contributed by atoms with E-state index in [1.54, 1.807) is 0 Å². The number of nitrogens with zero attached hydrogens (tertiary/aromatic N) is 1. The normalized spacial score (nSPS) is 22.3. The third-order valence-electron chi connectivity index (χ3n) is 3.83. The van der Waals surface area contributed by atoms with Gasteiger partial charge in [0.2, 0.25) is 0 Å². The quantitative estimate of drug-likeness (QED) is 0.637. The lowest BCUT2D eigenvalue weighted by Gasteiger charge is -2.32. The Labute approximate surface area is 139 Å². The van der Waals surface area contributed by atoms with Crippen LogP contribution in [0.4, 0.5) is 0 Å². The molecule has 3 heteroatoms. The summed E-state index contributed by atoms with van der Waals surface area (Å²) in [5.74, 6) is 0.136. The Morgan fingerprint density at radius 2 is 1.78 bits per heavy atom. The van der Waals surface area contributed by atoms with Crippen LogP contribution in [0.25, 0.3) is 0 Å². The minimum absolute atomic E-state index is 0.00215. The molecule has 0 aromatic heterocycles. The molecule has 1 N–H and O–H groups in total. The van der Waals surface area contributed by atoms with Crippen LogP contribution in [0, 0.1) is 5.41 Å². The Bertz CT molecular complexity index is 646. The van der Waals surface area contributed by atoms with E-state index in [1.807, 2.05) is 51.1 Å². The van der Waals surface area contributed by atoms with Gasteiger partial charge in [-0.15, -0.1) is 0 Å². The van der Waals surface area contributed by atoms with Crippen LogP contribution in [0.3, 0.4) is 0 Å². The van der Waals surface area contributed by atoms with Crippen LogP contribution in [0.1, 0.15) is 53.0 Å². The van der Waals surface area contributed by atoms with Crippen molar-refractivity contribution in [3.63, 3.8) is 0 Å². The Kier molecular flexibility index (Phi) is 4.79. The second-order valence-electron chi connectivity index (χ2n) is 8.15. The molecular formula is C20H27NO2. The smallest absolute Gasteiger partial charge is 0.168 e. The van der Waals surface area contributed by atoms with Crippen LogP contribution in [0.5, 0.6) is 0 Å². The van der Waals surface area contributed by atoms with Gasteiger partial charge in [0.05, 0.1) is 16.8 Å². The minimum atomic E-state index is -0.276. The number of aliphatic hydroxyl groups excluding tert-OH is 1. The van der Waals surface area contributed by atoms with Crippen molar-refractivity contribution >= 4 is 11.5 Å². The summed E-state index contributed by atoms with van der Waals surface area (Å²) in [6, 6.07) is 9.71. The van der Waals surface area contributed by atoms with E-state index in [-0.39, 0.29) is 22.5 Å². The molecule has 1 fully saturated rings. The second-order valence-corrected chi connectivity index (χ2v) is 8.15. The lowest BCUT2D eigenvalue weighted by atomic mass is 9.73. The molecular weight excluding hydrogens is 286 g/mol. The molecule has 0 unspecified atom stereocenters. The maximum atomic E-state index is 12.6. The number of allylic oxidation sites excluding steroid dienone is 2. The predicted octanol–water partition coefficient (Wildman–Crippen LogP) is 4.67. The molecule has 124 valence electrons. The van der Waals surface area contributed by atoms with E-state index in [0.29, 0.717) is 24.8 Å². The summed E-state index contributed by atoms with van der Waals surface area (Å²) in [7, 11) is 0. The maximum absolute atomic E-state index is 12.6. The van der Waals surface area contributed by atoms with Crippen molar-refractivity contribution in [2.24, 2.45) is 10.4 Å². The van der Waals surface area contributed by atoms with E-state index < -0.39 is 0 Å². The zero-order chi connectivity index (χ0) is 17.3. The summed E-state index contributed by atoms with van der Waals surface area (Å²) >= 11 is 0. The van der Waals surface area contributed by atoms with Crippen molar-refractivity contribution in [1.29, 1.82) is 0 Å². The van der Waals surface area contributed by atoms with Crippen molar-refractivity contribution in [2.75, 3.05) is 0 Å². The highest BCUT2D eigenvalue weighted by Gasteiger charge is 2.36. The van der Waals surface area contributed by atoms with Gasteiger partial charge in [0.1, 0.15) is 5.76 Å². The van der Waals surface area contributed by atoms with Gasteiger partial charge in [-0.2, -0.15) is 0 Å². The Morgan fingerprint density at radius 1 is 1.17 bits per heavy atom. The van der Waals surface area contributed by atoms with Gasteiger partial charge < -0.3 is 5.11 Å². The van der Waals surface area contributed by atoms with Crippen molar-refractivity contribution in [3.8, 4) is 0 Å². The van der Waals surface area contributed by atoms with Crippen molar-refractivity contribution in [1.82, 2.24) is 0 Å². The number of carbonyl (C=O) groups excluding carboxylic acids is 1. The molecule has 1 aliphatic carbocycles. The molecule has 1 aromatic carbocycles. The number of carbonyl (C=O) groups is 1. The molecule has 1 aromatic rings. The van der Waals surface area contributed by atoms with E-state index in [0.717, 1.165) is 11.3 Å². The maximum Gasteiger partial charge on any atom is 0.168 e. The summed E-state index contributed by atoms with van der Waals surface area (Å²) in [4.78, 5) is 17.4. The van der Waals surface area contributed by atoms with Crippen LogP contribution < -0.4 is 0 Å². The van der Waals surface area contributed by atoms with Gasteiger partial charge in [0, 0.05) is 12.8 Å². The first-order chi connectivity index (χ1) is 10.6. The van der Waals surface area contributed by atoms with Gasteiger partial charge in [-0.1, -0.05) is 44.2 Å². The molecule has 0 aliphatic heterocycles. The molecule has 0 saturated heterocycles. The molecule has 1 saturated carbocycles. The fourth-order valence-electron chi connectivity index (χ4n) is 2.99. The molecule has 0 atom stereocenters. The van der Waals surface area contributed by atoms with E-state index in [9.17, 15) is 9.90 Å². The van der Waals surface area contributed by atoms with E-state index in [2.05, 4.69) is 13.8 Å². The number of Topliss-reactive ketones (excluding diaryl/α,β-unsaturated/α-hetero) is 1. The van der Waals surface area contributed by atoms with Crippen LogP contribution >= 0.6 is 0 Å². The Balaban J connectivity index is 2.44. The molecule has 1 aliphatic rings. The molecule has 23 heavy (non-hydrogen) atoms. The van der Waals surface area contributed by atoms with Gasteiger partial charge in [-0.3, -0.25) is 9.79 Å². The number of benzene rings is 1. The van der Waals surface area contributed by atoms with Crippen molar-refractivity contribution < 1.29 is 9.90 Å². The number of aliphatic hydroxyl groups is 1. The first-order valence-electron chi connectivity index (χ1n) is 8.16. The lowest BCUT2D eigenvalue weighted by molar-refractivity contribution is -0.117. The third-order valence-corrected chi connectivity index (χ3v) is 3.83. The number of ketones is 1. The first-order valence-corrected chi connectivity index (χ1v) is 8.16. The molecule has 0 heterocycles. The van der Waals surface area contributed by atoms with Gasteiger partial charge >= 0.3 is 0 Å². The Hall–Kier alpha value is -1.90. The standard InChI is InChI=1S/C20H27NO2/c1-19(2,3)21-15-12-20(4,5)13-17(23)18(15)16(22)11-14-9-7-6-8-10-14/h6-10,22H,11-13H2,1-5H3/b18-16+,21-15?. The third kappa shape index (κ3) is 4.78. The van der Waals surface area contributed by atoms with Crippen LogP contribution in [0.15, 0.2) is 46.7 Å². The van der Waals surface area contributed by atoms with Gasteiger partial charge in [-0.25, -0.2) is 0 Å². The highest BCUT2D eigenvalue weighted by atomic mass is 16.3. The van der Waals surface area contributed by atoms with E-state index in [1.165, 1.54) is 0 Å². The highest BCUT2D eigenvalue weighted by molar-refractivity contribution is 6.24. The van der Waals surface area contributed by atoms with E-state index in [4.69, 9.17) is 4.99 Å². The second kappa shape index (κ2) is 6.31. The average Bonchev–Trinajstić information content (AvgIpc) is 2.35. The molecule has 0 bridgehead atoms. The van der Waals surface area contributed by atoms with Crippen LogP contribution in [-0.4, -0.2) is 22.1 Å². The molecule has 2 rings (SSSR count). The van der Waals surface area contributed by atoms with Crippen molar-refractivity contribution in [2.45, 2.75) is 59.4 Å². The molecule has 3 nitrogen and oxygen atoms in total. The summed E-state index contributed by atoms with van der Waals surface area (Å²) in [5.41, 5.74) is 1.78. The minimum Gasteiger partial charge on any atom is -0.511 e. The topological polar surface area (TPSA) is 49.7 Å². The van der Waals surface area contributed by atoms with Crippen molar-refractivity contribution in [3.05, 3.63) is 47.2 Å². The number of aliphatic imine (C=N–C) groups is 1.